The first-order chi connectivity index (χ1) is 12.5. The van der Waals surface area contributed by atoms with Crippen LogP contribution in [0.25, 0.3) is 0 Å². The molecule has 1 aromatic carbocycles. The topological polar surface area (TPSA) is 104 Å². The Hall–Kier alpha value is -2.10. The number of alkyl halides is 7. The standard InChI is InChI=1S/C12H8F7NO6S2/c1-26-9(21)5-28(24,25)8-3-2-6(4-7(8)20(22)23)27-12(18,19)10(13,14)11(15,16)17/h2-4H,5H2,1H3. The van der Waals surface area contributed by atoms with Gasteiger partial charge >= 0.3 is 23.3 Å². The molecule has 7 nitrogen and oxygen atoms in total. The molecule has 158 valence electrons. The van der Waals surface area contributed by atoms with Crippen molar-refractivity contribution in [2.75, 3.05) is 12.9 Å². The maximum atomic E-state index is 13.4. The van der Waals surface area contributed by atoms with E-state index in [0.717, 1.165) is 7.11 Å². The van der Waals surface area contributed by atoms with E-state index in [-0.39, 0.29) is 6.07 Å². The number of carbonyl (C=O) groups excluding carboxylic acids is 1. The predicted molar refractivity (Wildman–Crippen MR) is 79.0 cm³/mol. The van der Waals surface area contributed by atoms with Crippen LogP contribution in [0.1, 0.15) is 0 Å². The highest BCUT2D eigenvalue weighted by Crippen LogP contribution is 2.54. The third-order valence-corrected chi connectivity index (χ3v) is 5.60. The molecular formula is C12H8F7NO6S2. The lowest BCUT2D eigenvalue weighted by molar-refractivity contribution is -0.388. The summed E-state index contributed by atoms with van der Waals surface area (Å²) >= 11 is -1.35. The number of nitro groups is 1. The van der Waals surface area contributed by atoms with Gasteiger partial charge in [0.05, 0.1) is 12.0 Å². The van der Waals surface area contributed by atoms with Crippen molar-refractivity contribution in [1.82, 2.24) is 0 Å². The predicted octanol–water partition coefficient (Wildman–Crippen LogP) is 3.42. The summed E-state index contributed by atoms with van der Waals surface area (Å²) in [5.74, 6) is -9.15. The average molecular weight is 459 g/mol. The molecule has 0 atom stereocenters. The normalized spacial score (nSPS) is 13.3. The Labute approximate surface area is 155 Å². The zero-order valence-corrected chi connectivity index (χ0v) is 14.9. The first-order valence-corrected chi connectivity index (χ1v) is 9.02. The van der Waals surface area contributed by atoms with Crippen LogP contribution in [0, 0.1) is 10.1 Å². The molecule has 28 heavy (non-hydrogen) atoms. The fraction of sp³-hybridized carbons (Fsp3) is 0.417. The van der Waals surface area contributed by atoms with Crippen molar-refractivity contribution in [3.05, 3.63) is 28.3 Å². The second kappa shape index (κ2) is 7.73. The maximum absolute atomic E-state index is 13.4. The number of ether oxygens (including phenoxy) is 1. The largest absolute Gasteiger partial charge is 0.468 e. The van der Waals surface area contributed by atoms with Crippen molar-refractivity contribution in [3.8, 4) is 0 Å². The highest BCUT2D eigenvalue weighted by molar-refractivity contribution is 8.00. The van der Waals surface area contributed by atoms with E-state index in [1.807, 2.05) is 0 Å². The molecule has 0 saturated carbocycles. The molecule has 0 N–H and O–H groups in total. The number of nitro benzene ring substituents is 1. The van der Waals surface area contributed by atoms with Gasteiger partial charge in [-0.2, -0.15) is 30.7 Å². The number of carbonyl (C=O) groups is 1. The van der Waals surface area contributed by atoms with Crippen LogP contribution < -0.4 is 0 Å². The number of halogens is 7. The molecule has 0 bridgehead atoms. The summed E-state index contributed by atoms with van der Waals surface area (Å²) in [4.78, 5) is 18.4. The summed E-state index contributed by atoms with van der Waals surface area (Å²) in [5.41, 5.74) is -1.40. The molecule has 0 radical (unpaired) electrons. The second-order valence-electron chi connectivity index (χ2n) is 4.91. The fourth-order valence-corrected chi connectivity index (χ4v) is 3.79. The number of esters is 1. The van der Waals surface area contributed by atoms with Crippen molar-refractivity contribution in [2.45, 2.75) is 27.1 Å². The molecular weight excluding hydrogens is 451 g/mol. The van der Waals surface area contributed by atoms with Gasteiger partial charge in [-0.25, -0.2) is 8.42 Å². The van der Waals surface area contributed by atoms with Crippen molar-refractivity contribution >= 4 is 33.3 Å². The molecule has 0 aliphatic rings. The Morgan fingerprint density at radius 1 is 1.18 bits per heavy atom. The molecule has 1 rings (SSSR count). The van der Waals surface area contributed by atoms with Gasteiger partial charge in [-0.05, 0) is 23.9 Å². The van der Waals surface area contributed by atoms with E-state index in [9.17, 15) is 54.1 Å². The van der Waals surface area contributed by atoms with Crippen LogP contribution >= 0.6 is 11.8 Å². The van der Waals surface area contributed by atoms with E-state index in [1.54, 1.807) is 0 Å². The second-order valence-corrected chi connectivity index (χ2v) is 8.06. The molecule has 0 unspecified atom stereocenters. The first-order valence-electron chi connectivity index (χ1n) is 6.55. The van der Waals surface area contributed by atoms with Gasteiger partial charge < -0.3 is 4.74 Å². The number of hydrogen-bond donors (Lipinski definition) is 0. The molecule has 16 heteroatoms. The van der Waals surface area contributed by atoms with Gasteiger partial charge in [-0.3, -0.25) is 14.9 Å². The highest BCUT2D eigenvalue weighted by Gasteiger charge is 2.73. The summed E-state index contributed by atoms with van der Waals surface area (Å²) in [6.07, 6.45) is -6.61. The molecule has 0 saturated heterocycles. The van der Waals surface area contributed by atoms with Gasteiger partial charge in [-0.1, -0.05) is 0 Å². The minimum atomic E-state index is -6.61. The number of hydrogen-bond acceptors (Lipinski definition) is 7. The molecule has 0 spiro atoms. The monoisotopic (exact) mass is 459 g/mol. The molecule has 0 amide bonds. The lowest BCUT2D eigenvalue weighted by Gasteiger charge is -2.27. The van der Waals surface area contributed by atoms with Crippen LogP contribution in [0.3, 0.4) is 0 Å². The summed E-state index contributed by atoms with van der Waals surface area (Å²) in [6.45, 7) is 0. The quantitative estimate of drug-likeness (QED) is 0.202. The smallest absolute Gasteiger partial charge is 0.460 e. The third-order valence-electron chi connectivity index (χ3n) is 2.97. The van der Waals surface area contributed by atoms with Gasteiger partial charge in [-0.15, -0.1) is 0 Å². The Morgan fingerprint density at radius 2 is 1.71 bits per heavy atom. The SMILES string of the molecule is COC(=O)CS(=O)(=O)c1ccc(SC(F)(F)C(F)(F)C(F)(F)F)cc1[N+](=O)[O-]. The van der Waals surface area contributed by atoms with Crippen LogP contribution in [0.5, 0.6) is 0 Å². The lowest BCUT2D eigenvalue weighted by Crippen LogP contribution is -2.49. The number of benzene rings is 1. The zero-order valence-electron chi connectivity index (χ0n) is 13.3. The van der Waals surface area contributed by atoms with Crippen LogP contribution in [-0.4, -0.2) is 49.5 Å². The average Bonchev–Trinajstić information content (AvgIpc) is 2.52. The highest BCUT2D eigenvalue weighted by atomic mass is 32.2. The van der Waals surface area contributed by atoms with E-state index in [4.69, 9.17) is 0 Å². The molecule has 1 aromatic rings. The first kappa shape index (κ1) is 23.9. The van der Waals surface area contributed by atoms with E-state index >= 15 is 0 Å². The van der Waals surface area contributed by atoms with Gasteiger partial charge in [0.1, 0.15) is 4.90 Å². The molecule has 0 aromatic heterocycles. The van der Waals surface area contributed by atoms with Crippen LogP contribution in [-0.2, 0) is 19.4 Å². The summed E-state index contributed by atoms with van der Waals surface area (Å²) in [5, 5.41) is 5.24. The van der Waals surface area contributed by atoms with Crippen molar-refractivity contribution in [2.24, 2.45) is 0 Å². The number of sulfone groups is 1. The number of rotatable bonds is 7. The Bertz CT molecular complexity index is 885. The van der Waals surface area contributed by atoms with Crippen molar-refractivity contribution in [1.29, 1.82) is 0 Å². The molecule has 0 aliphatic heterocycles. The lowest BCUT2D eigenvalue weighted by atomic mass is 10.3. The molecule has 0 aliphatic carbocycles. The van der Waals surface area contributed by atoms with Gasteiger partial charge in [0, 0.05) is 11.0 Å². The van der Waals surface area contributed by atoms with E-state index in [0.29, 0.717) is 12.1 Å². The van der Waals surface area contributed by atoms with Crippen LogP contribution in [0.15, 0.2) is 28.0 Å². The van der Waals surface area contributed by atoms with Gasteiger partial charge in [0.15, 0.2) is 15.6 Å². The Kier molecular flexibility index (Phi) is 6.61. The van der Waals surface area contributed by atoms with Gasteiger partial charge in [0.25, 0.3) is 5.69 Å². The van der Waals surface area contributed by atoms with Crippen LogP contribution in [0.2, 0.25) is 0 Å². The minimum absolute atomic E-state index is 0.0786. The van der Waals surface area contributed by atoms with Crippen LogP contribution in [0.4, 0.5) is 36.4 Å². The van der Waals surface area contributed by atoms with Gasteiger partial charge in [0.2, 0.25) is 0 Å². The zero-order chi connectivity index (χ0) is 22.1. The minimum Gasteiger partial charge on any atom is -0.468 e. The maximum Gasteiger partial charge on any atom is 0.460 e. The Balaban J connectivity index is 3.39. The summed E-state index contributed by atoms with van der Waals surface area (Å²) < 4.78 is 117. The third kappa shape index (κ3) is 4.84. The van der Waals surface area contributed by atoms with Crippen molar-refractivity contribution in [3.63, 3.8) is 0 Å². The molecule has 0 fully saturated rings. The van der Waals surface area contributed by atoms with Crippen molar-refractivity contribution < 1.29 is 53.6 Å². The number of methoxy groups -OCH3 is 1. The number of nitrogens with zero attached hydrogens (tertiary/aromatic N) is 1. The number of thioether (sulfide) groups is 1. The van der Waals surface area contributed by atoms with E-state index in [1.165, 1.54) is 0 Å². The Morgan fingerprint density at radius 3 is 2.14 bits per heavy atom. The summed E-state index contributed by atoms with van der Waals surface area (Å²) in [6, 6.07) is 0.776. The molecule has 0 heterocycles. The van der Waals surface area contributed by atoms with E-state index in [2.05, 4.69) is 4.74 Å². The van der Waals surface area contributed by atoms with E-state index < -0.39 is 71.1 Å². The fourth-order valence-electron chi connectivity index (χ4n) is 1.64. The summed E-state index contributed by atoms with van der Waals surface area (Å²) in [7, 11) is -3.89.